The smallest absolute Gasteiger partial charge is 0.220 e. The SMILES string of the molecule is CCCCCCC/C=C\CCCCCCCC(=O)NC(CO)C(O)CCCCCCCCCCCCCCCCC. The maximum absolute atomic E-state index is 12.3. The van der Waals surface area contributed by atoms with E-state index >= 15 is 0 Å². The molecule has 2 unspecified atom stereocenters. The third-order valence-corrected chi connectivity index (χ3v) is 8.53. The Morgan fingerprint density at radius 1 is 0.561 bits per heavy atom. The van der Waals surface area contributed by atoms with Crippen molar-refractivity contribution in [3.8, 4) is 0 Å². The van der Waals surface area contributed by atoms with E-state index in [0.717, 1.165) is 25.7 Å². The number of hydrogen-bond donors (Lipinski definition) is 3. The van der Waals surface area contributed by atoms with Crippen LogP contribution in [0.15, 0.2) is 12.2 Å². The largest absolute Gasteiger partial charge is 0.394 e. The molecule has 0 aliphatic heterocycles. The van der Waals surface area contributed by atoms with Gasteiger partial charge in [-0.25, -0.2) is 0 Å². The number of carbonyl (C=O) groups is 1. The first kappa shape index (κ1) is 40.1. The summed E-state index contributed by atoms with van der Waals surface area (Å²) in [6.45, 7) is 4.34. The van der Waals surface area contributed by atoms with Gasteiger partial charge in [0.05, 0.1) is 18.8 Å². The predicted molar refractivity (Wildman–Crippen MR) is 179 cm³/mol. The minimum atomic E-state index is -0.657. The van der Waals surface area contributed by atoms with E-state index in [4.69, 9.17) is 0 Å². The number of allylic oxidation sites excluding steroid dienone is 2. The molecule has 0 aliphatic carbocycles. The minimum absolute atomic E-state index is 0.0403. The molecule has 0 fully saturated rings. The van der Waals surface area contributed by atoms with Gasteiger partial charge in [-0.2, -0.15) is 0 Å². The second kappa shape index (κ2) is 33.6. The number of carbonyl (C=O) groups excluding carboxylic acids is 1. The third-order valence-electron chi connectivity index (χ3n) is 8.53. The zero-order valence-corrected chi connectivity index (χ0v) is 27.8. The van der Waals surface area contributed by atoms with E-state index in [9.17, 15) is 15.0 Å². The van der Waals surface area contributed by atoms with Crippen molar-refractivity contribution >= 4 is 5.91 Å². The van der Waals surface area contributed by atoms with Gasteiger partial charge in [-0.05, 0) is 38.5 Å². The number of aliphatic hydroxyl groups excluding tert-OH is 2. The summed E-state index contributed by atoms with van der Waals surface area (Å²) in [5, 5.41) is 23.0. The van der Waals surface area contributed by atoms with Gasteiger partial charge in [0.15, 0.2) is 0 Å². The fourth-order valence-electron chi connectivity index (χ4n) is 5.65. The molecule has 244 valence electrons. The highest BCUT2D eigenvalue weighted by atomic mass is 16.3. The van der Waals surface area contributed by atoms with Gasteiger partial charge >= 0.3 is 0 Å². The fourth-order valence-corrected chi connectivity index (χ4v) is 5.65. The molecule has 0 bridgehead atoms. The summed E-state index contributed by atoms with van der Waals surface area (Å²) in [5.41, 5.74) is 0. The van der Waals surface area contributed by atoms with Crippen molar-refractivity contribution < 1.29 is 15.0 Å². The van der Waals surface area contributed by atoms with Gasteiger partial charge in [-0.3, -0.25) is 4.79 Å². The van der Waals surface area contributed by atoms with E-state index in [0.29, 0.717) is 12.8 Å². The highest BCUT2D eigenvalue weighted by Crippen LogP contribution is 2.15. The predicted octanol–water partition coefficient (Wildman–Crippen LogP) is 10.7. The minimum Gasteiger partial charge on any atom is -0.394 e. The highest BCUT2D eigenvalue weighted by Gasteiger charge is 2.19. The van der Waals surface area contributed by atoms with Crippen LogP contribution in [0.5, 0.6) is 0 Å². The molecule has 0 heterocycles. The number of aliphatic hydroxyl groups is 2. The lowest BCUT2D eigenvalue weighted by atomic mass is 10.0. The van der Waals surface area contributed by atoms with Crippen molar-refractivity contribution in [2.24, 2.45) is 0 Å². The Kier molecular flexibility index (Phi) is 32.9. The maximum atomic E-state index is 12.3. The normalized spacial score (nSPS) is 13.2. The number of amides is 1. The van der Waals surface area contributed by atoms with E-state index in [2.05, 4.69) is 31.3 Å². The Bertz CT molecular complexity index is 550. The lowest BCUT2D eigenvalue weighted by Crippen LogP contribution is -2.45. The van der Waals surface area contributed by atoms with Gasteiger partial charge in [0.2, 0.25) is 5.91 Å². The van der Waals surface area contributed by atoms with Gasteiger partial charge in [0.25, 0.3) is 0 Å². The van der Waals surface area contributed by atoms with Gasteiger partial charge in [-0.15, -0.1) is 0 Å². The summed E-state index contributed by atoms with van der Waals surface area (Å²) in [5.74, 6) is -0.0403. The molecule has 0 aromatic carbocycles. The lowest BCUT2D eigenvalue weighted by Gasteiger charge is -2.22. The van der Waals surface area contributed by atoms with Crippen LogP contribution in [-0.2, 0) is 4.79 Å². The fraction of sp³-hybridized carbons (Fsp3) is 0.919. The highest BCUT2D eigenvalue weighted by molar-refractivity contribution is 5.76. The Labute approximate surface area is 256 Å². The summed E-state index contributed by atoms with van der Waals surface area (Å²) in [7, 11) is 0. The Morgan fingerprint density at radius 3 is 1.34 bits per heavy atom. The molecule has 0 saturated carbocycles. The quantitative estimate of drug-likeness (QED) is 0.0535. The van der Waals surface area contributed by atoms with E-state index in [1.54, 1.807) is 0 Å². The second-order valence-electron chi connectivity index (χ2n) is 12.6. The topological polar surface area (TPSA) is 69.6 Å². The van der Waals surface area contributed by atoms with Crippen molar-refractivity contribution in [2.75, 3.05) is 6.61 Å². The van der Waals surface area contributed by atoms with E-state index in [-0.39, 0.29) is 12.5 Å². The summed E-state index contributed by atoms with van der Waals surface area (Å²) in [6.07, 6.45) is 39.7. The molecule has 0 aromatic rings. The first-order valence-electron chi connectivity index (χ1n) is 18.4. The molecule has 0 radical (unpaired) electrons. The molecule has 4 nitrogen and oxygen atoms in total. The number of nitrogens with one attached hydrogen (secondary N) is 1. The molecule has 0 spiro atoms. The summed E-state index contributed by atoms with van der Waals surface area (Å²) in [4.78, 5) is 12.3. The van der Waals surface area contributed by atoms with Gasteiger partial charge in [-0.1, -0.05) is 167 Å². The third kappa shape index (κ3) is 30.4. The Morgan fingerprint density at radius 2 is 0.927 bits per heavy atom. The first-order valence-corrected chi connectivity index (χ1v) is 18.4. The van der Waals surface area contributed by atoms with E-state index < -0.39 is 12.1 Å². The molecular weight excluding hydrogens is 506 g/mol. The summed E-state index contributed by atoms with van der Waals surface area (Å²) >= 11 is 0. The zero-order chi connectivity index (χ0) is 30.1. The van der Waals surface area contributed by atoms with Crippen LogP contribution in [0.25, 0.3) is 0 Å². The standard InChI is InChI=1S/C37H73NO3/c1-3-5-7-9-11-13-15-17-19-20-22-24-26-28-30-32-36(40)35(34-39)38-37(41)33-31-29-27-25-23-21-18-16-14-12-10-8-6-4-2/h16,18,35-36,39-40H,3-15,17,19-34H2,1-2H3,(H,38,41)/b18-16-. The summed E-state index contributed by atoms with van der Waals surface area (Å²) < 4.78 is 0. The number of rotatable bonds is 33. The molecule has 0 rings (SSSR count). The zero-order valence-electron chi connectivity index (χ0n) is 27.8. The molecule has 2 atom stereocenters. The molecule has 4 heteroatoms. The average molecular weight is 580 g/mol. The Balaban J connectivity index is 3.56. The maximum Gasteiger partial charge on any atom is 0.220 e. The van der Waals surface area contributed by atoms with Gasteiger partial charge < -0.3 is 15.5 Å². The van der Waals surface area contributed by atoms with Crippen LogP contribution < -0.4 is 5.32 Å². The van der Waals surface area contributed by atoms with Crippen molar-refractivity contribution in [1.82, 2.24) is 5.32 Å². The molecule has 1 amide bonds. The molecule has 3 N–H and O–H groups in total. The lowest BCUT2D eigenvalue weighted by molar-refractivity contribution is -0.123. The van der Waals surface area contributed by atoms with Crippen molar-refractivity contribution in [3.05, 3.63) is 12.2 Å². The molecule has 0 aromatic heterocycles. The van der Waals surface area contributed by atoms with Crippen molar-refractivity contribution in [2.45, 2.75) is 212 Å². The van der Waals surface area contributed by atoms with Crippen LogP contribution in [-0.4, -0.2) is 34.9 Å². The van der Waals surface area contributed by atoms with Gasteiger partial charge in [0, 0.05) is 6.42 Å². The molecule has 0 aliphatic rings. The molecule has 41 heavy (non-hydrogen) atoms. The monoisotopic (exact) mass is 580 g/mol. The van der Waals surface area contributed by atoms with Crippen LogP contribution in [0.4, 0.5) is 0 Å². The van der Waals surface area contributed by atoms with Crippen LogP contribution in [0, 0.1) is 0 Å². The van der Waals surface area contributed by atoms with Crippen molar-refractivity contribution in [1.29, 1.82) is 0 Å². The van der Waals surface area contributed by atoms with Crippen molar-refractivity contribution in [3.63, 3.8) is 0 Å². The Hall–Kier alpha value is -0.870. The average Bonchev–Trinajstić information content (AvgIpc) is 2.97. The van der Waals surface area contributed by atoms with Gasteiger partial charge in [0.1, 0.15) is 0 Å². The molecule has 0 saturated heterocycles. The van der Waals surface area contributed by atoms with Crippen LogP contribution in [0.2, 0.25) is 0 Å². The van der Waals surface area contributed by atoms with Crippen LogP contribution in [0.3, 0.4) is 0 Å². The number of hydrogen-bond acceptors (Lipinski definition) is 3. The first-order chi connectivity index (χ1) is 20.2. The summed E-state index contributed by atoms with van der Waals surface area (Å²) in [6, 6.07) is -0.535. The van der Waals surface area contributed by atoms with E-state index in [1.165, 1.54) is 148 Å². The molecular formula is C37H73NO3. The van der Waals surface area contributed by atoms with Crippen LogP contribution >= 0.6 is 0 Å². The second-order valence-corrected chi connectivity index (χ2v) is 12.6. The van der Waals surface area contributed by atoms with E-state index in [1.807, 2.05) is 0 Å². The number of unbranched alkanes of at least 4 members (excludes halogenated alkanes) is 24. The van der Waals surface area contributed by atoms with Crippen LogP contribution in [0.1, 0.15) is 200 Å².